The van der Waals surface area contributed by atoms with Gasteiger partial charge in [0, 0.05) is 29.9 Å². The Morgan fingerprint density at radius 3 is 2.65 bits per heavy atom. The Morgan fingerprint density at radius 1 is 1.23 bits per heavy atom. The average molecular weight is 451 g/mol. The topological polar surface area (TPSA) is 59.8 Å². The molecule has 0 spiro atoms. The first kappa shape index (κ1) is 21.6. The summed E-state index contributed by atoms with van der Waals surface area (Å²) in [5.41, 5.74) is 0.781. The van der Waals surface area contributed by atoms with E-state index in [2.05, 4.69) is 15.4 Å². The number of nitrogens with one attached hydrogen (secondary N) is 1. The van der Waals surface area contributed by atoms with Gasteiger partial charge in [-0.25, -0.2) is 4.98 Å². The van der Waals surface area contributed by atoms with Crippen molar-refractivity contribution in [3.05, 3.63) is 58.4 Å². The summed E-state index contributed by atoms with van der Waals surface area (Å²) in [6.07, 6.45) is 0.497. The zero-order chi connectivity index (χ0) is 22.2. The van der Waals surface area contributed by atoms with Crippen LogP contribution < -0.4 is 5.32 Å². The lowest BCUT2D eigenvalue weighted by Gasteiger charge is -2.29. The SMILES string of the molecule is Cc1c2cccnc2nn1C[C@H]1CC[C@H](NC(=O)c2cc(C(F)(F)F)ccc2Cl)CC1. The highest BCUT2D eigenvalue weighted by molar-refractivity contribution is 6.33. The summed E-state index contributed by atoms with van der Waals surface area (Å²) in [5.74, 6) is -0.155. The maximum absolute atomic E-state index is 13.0. The van der Waals surface area contributed by atoms with E-state index < -0.39 is 17.6 Å². The summed E-state index contributed by atoms with van der Waals surface area (Å²) in [7, 11) is 0. The predicted octanol–water partition coefficient (Wildman–Crippen LogP) is 5.40. The number of rotatable bonds is 4. The molecule has 1 N–H and O–H groups in total. The lowest BCUT2D eigenvalue weighted by atomic mass is 9.86. The van der Waals surface area contributed by atoms with E-state index in [0.717, 1.165) is 67.2 Å². The van der Waals surface area contributed by atoms with E-state index in [1.807, 2.05) is 23.7 Å². The number of pyridine rings is 1. The number of halogens is 4. The Morgan fingerprint density at radius 2 is 1.97 bits per heavy atom. The summed E-state index contributed by atoms with van der Waals surface area (Å²) in [5, 5.41) is 8.48. The molecule has 0 unspecified atom stereocenters. The molecule has 2 heterocycles. The minimum Gasteiger partial charge on any atom is -0.349 e. The molecule has 164 valence electrons. The smallest absolute Gasteiger partial charge is 0.349 e. The second-order valence-corrected chi connectivity index (χ2v) is 8.43. The third-order valence-electron chi connectivity index (χ3n) is 5.93. The lowest BCUT2D eigenvalue weighted by molar-refractivity contribution is -0.137. The number of amides is 1. The zero-order valence-electron chi connectivity index (χ0n) is 16.9. The number of hydrogen-bond donors (Lipinski definition) is 1. The number of carbonyl (C=O) groups is 1. The molecule has 5 nitrogen and oxygen atoms in total. The summed E-state index contributed by atoms with van der Waals surface area (Å²) >= 11 is 5.98. The van der Waals surface area contributed by atoms with Crippen LogP contribution in [0.5, 0.6) is 0 Å². The molecule has 4 rings (SSSR count). The lowest BCUT2D eigenvalue weighted by Crippen LogP contribution is -2.38. The van der Waals surface area contributed by atoms with Crippen molar-refractivity contribution in [2.24, 2.45) is 5.92 Å². The Kier molecular flexibility index (Phi) is 5.92. The second kappa shape index (κ2) is 8.49. The number of aryl methyl sites for hydroxylation is 1. The molecule has 31 heavy (non-hydrogen) atoms. The maximum atomic E-state index is 13.0. The molecule has 2 aromatic heterocycles. The first-order valence-corrected chi connectivity index (χ1v) is 10.6. The normalized spacial score (nSPS) is 19.5. The second-order valence-electron chi connectivity index (χ2n) is 8.03. The van der Waals surface area contributed by atoms with Gasteiger partial charge in [0.15, 0.2) is 5.65 Å². The standard InChI is InChI=1S/C22H22ClF3N4O/c1-13-17-3-2-10-27-20(17)29-30(13)12-14-4-7-16(8-5-14)28-21(31)18-11-15(22(24,25)26)6-9-19(18)23/h2-3,6,9-11,14,16H,4-5,7-8,12H2,1H3,(H,28,31)/t14-,16-. The van der Waals surface area contributed by atoms with Crippen LogP contribution in [-0.2, 0) is 12.7 Å². The molecule has 1 fully saturated rings. The highest BCUT2D eigenvalue weighted by atomic mass is 35.5. The zero-order valence-corrected chi connectivity index (χ0v) is 17.7. The largest absolute Gasteiger partial charge is 0.416 e. The third-order valence-corrected chi connectivity index (χ3v) is 6.26. The molecule has 0 aliphatic heterocycles. The quantitative estimate of drug-likeness (QED) is 0.579. The number of aromatic nitrogens is 3. The molecule has 9 heteroatoms. The summed E-state index contributed by atoms with van der Waals surface area (Å²) in [6, 6.07) is 6.61. The van der Waals surface area contributed by atoms with Crippen LogP contribution in [0.25, 0.3) is 11.0 Å². The minimum absolute atomic E-state index is 0.00835. The van der Waals surface area contributed by atoms with Gasteiger partial charge in [0.1, 0.15) is 0 Å². The van der Waals surface area contributed by atoms with E-state index in [1.165, 1.54) is 0 Å². The number of alkyl halides is 3. The number of hydrogen-bond acceptors (Lipinski definition) is 3. The Bertz CT molecular complexity index is 1100. The maximum Gasteiger partial charge on any atom is 0.416 e. The molecular formula is C22H22ClF3N4O. The van der Waals surface area contributed by atoms with E-state index in [1.54, 1.807) is 6.20 Å². The van der Waals surface area contributed by atoms with Gasteiger partial charge >= 0.3 is 6.18 Å². The molecule has 1 amide bonds. The molecule has 1 aliphatic carbocycles. The molecule has 0 radical (unpaired) electrons. The van der Waals surface area contributed by atoms with Crippen molar-refractivity contribution < 1.29 is 18.0 Å². The molecule has 1 aromatic carbocycles. The number of benzene rings is 1. The number of fused-ring (bicyclic) bond motifs is 1. The highest BCUT2D eigenvalue weighted by Crippen LogP contribution is 2.32. The van der Waals surface area contributed by atoms with E-state index in [4.69, 9.17) is 11.6 Å². The van der Waals surface area contributed by atoms with Crippen LogP contribution in [0.3, 0.4) is 0 Å². The fourth-order valence-corrected chi connectivity index (χ4v) is 4.34. The van der Waals surface area contributed by atoms with Gasteiger partial charge in [0.05, 0.1) is 16.1 Å². The van der Waals surface area contributed by atoms with Crippen molar-refractivity contribution in [1.29, 1.82) is 0 Å². The van der Waals surface area contributed by atoms with Gasteiger partial charge in [0.2, 0.25) is 0 Å². The van der Waals surface area contributed by atoms with Crippen molar-refractivity contribution >= 4 is 28.5 Å². The van der Waals surface area contributed by atoms with Crippen LogP contribution in [-0.4, -0.2) is 26.7 Å². The van der Waals surface area contributed by atoms with Crippen molar-refractivity contribution in [3.63, 3.8) is 0 Å². The fourth-order valence-electron chi connectivity index (χ4n) is 4.14. The van der Waals surface area contributed by atoms with Gasteiger partial charge in [-0.1, -0.05) is 11.6 Å². The van der Waals surface area contributed by atoms with Gasteiger partial charge in [0.25, 0.3) is 5.91 Å². The molecule has 3 aromatic rings. The summed E-state index contributed by atoms with van der Waals surface area (Å²) < 4.78 is 40.9. The van der Waals surface area contributed by atoms with Crippen LogP contribution >= 0.6 is 11.6 Å². The van der Waals surface area contributed by atoms with Crippen LogP contribution in [0.15, 0.2) is 36.5 Å². The Labute approximate surface area is 182 Å². The van der Waals surface area contributed by atoms with Gasteiger partial charge < -0.3 is 5.32 Å². The van der Waals surface area contributed by atoms with Crippen LogP contribution in [0.2, 0.25) is 5.02 Å². The average Bonchev–Trinajstić information content (AvgIpc) is 3.04. The van der Waals surface area contributed by atoms with E-state index in [-0.39, 0.29) is 16.6 Å². The minimum atomic E-state index is -4.53. The summed E-state index contributed by atoms with van der Waals surface area (Å²) in [4.78, 5) is 16.8. The highest BCUT2D eigenvalue weighted by Gasteiger charge is 2.32. The van der Waals surface area contributed by atoms with Crippen molar-refractivity contribution in [2.75, 3.05) is 0 Å². The van der Waals surface area contributed by atoms with Gasteiger partial charge in [-0.15, -0.1) is 0 Å². The Hall–Kier alpha value is -2.61. The van der Waals surface area contributed by atoms with Gasteiger partial charge in [-0.2, -0.15) is 18.3 Å². The van der Waals surface area contributed by atoms with Crippen LogP contribution in [0.4, 0.5) is 13.2 Å². The fraction of sp³-hybridized carbons (Fsp3) is 0.409. The summed E-state index contributed by atoms with van der Waals surface area (Å²) in [6.45, 7) is 2.81. The number of carbonyl (C=O) groups excluding carboxylic acids is 1. The van der Waals surface area contributed by atoms with Gasteiger partial charge in [-0.05, 0) is 68.9 Å². The molecule has 0 bridgehead atoms. The molecule has 1 aliphatic rings. The van der Waals surface area contributed by atoms with Crippen LogP contribution in [0.1, 0.15) is 47.3 Å². The predicted molar refractivity (Wildman–Crippen MR) is 112 cm³/mol. The van der Waals surface area contributed by atoms with E-state index in [9.17, 15) is 18.0 Å². The van der Waals surface area contributed by atoms with Crippen LogP contribution in [0, 0.1) is 12.8 Å². The van der Waals surface area contributed by atoms with E-state index >= 15 is 0 Å². The van der Waals surface area contributed by atoms with E-state index in [0.29, 0.717) is 5.92 Å². The Balaban J connectivity index is 1.36. The monoisotopic (exact) mass is 450 g/mol. The van der Waals surface area contributed by atoms with Crippen molar-refractivity contribution in [2.45, 2.75) is 51.4 Å². The molecule has 0 atom stereocenters. The first-order valence-electron chi connectivity index (χ1n) is 10.2. The molecular weight excluding hydrogens is 429 g/mol. The number of nitrogens with zero attached hydrogens (tertiary/aromatic N) is 3. The van der Waals surface area contributed by atoms with Crippen molar-refractivity contribution in [1.82, 2.24) is 20.1 Å². The third kappa shape index (κ3) is 4.69. The van der Waals surface area contributed by atoms with Gasteiger partial charge in [-0.3, -0.25) is 9.48 Å². The molecule has 1 saturated carbocycles. The first-order chi connectivity index (χ1) is 14.7. The molecule has 0 saturated heterocycles. The van der Waals surface area contributed by atoms with Crippen molar-refractivity contribution in [3.8, 4) is 0 Å².